The Morgan fingerprint density at radius 2 is 2.39 bits per heavy atom. The molecule has 92 valence electrons. The van der Waals surface area contributed by atoms with Crippen molar-refractivity contribution >= 4 is 34.6 Å². The molecule has 0 fully saturated rings. The third kappa shape index (κ3) is 2.21. The average molecular weight is 265 g/mol. The van der Waals surface area contributed by atoms with Gasteiger partial charge in [0.2, 0.25) is 5.91 Å². The van der Waals surface area contributed by atoms with E-state index >= 15 is 0 Å². The molecule has 0 saturated heterocycles. The second-order valence-corrected chi connectivity index (χ2v) is 4.11. The van der Waals surface area contributed by atoms with E-state index in [1.165, 1.54) is 6.07 Å². The van der Waals surface area contributed by atoms with Crippen molar-refractivity contribution in [1.29, 1.82) is 5.26 Å². The number of amides is 1. The summed E-state index contributed by atoms with van der Waals surface area (Å²) in [4.78, 5) is 15.0. The summed E-state index contributed by atoms with van der Waals surface area (Å²) in [6.45, 7) is 1.58. The molecule has 1 amide bonds. The number of primary amides is 1. The number of oxazole rings is 1. The van der Waals surface area contributed by atoms with Crippen molar-refractivity contribution in [3.63, 3.8) is 0 Å². The van der Waals surface area contributed by atoms with Crippen LogP contribution in [0.5, 0.6) is 0 Å². The van der Waals surface area contributed by atoms with Crippen molar-refractivity contribution in [3.8, 4) is 6.07 Å². The summed E-state index contributed by atoms with van der Waals surface area (Å²) < 4.78 is 5.35. The Bertz CT molecular complexity index is 659. The molecule has 1 aromatic heterocycles. The molecule has 0 spiro atoms. The summed E-state index contributed by atoms with van der Waals surface area (Å²) in [5, 5.41) is 11.8. The minimum atomic E-state index is -0.618. The molecule has 0 aliphatic rings. The van der Waals surface area contributed by atoms with Gasteiger partial charge in [-0.25, -0.2) is 0 Å². The molecule has 0 bridgehead atoms. The average Bonchev–Trinajstić information content (AvgIpc) is 2.71. The first-order valence-electron chi connectivity index (χ1n) is 5.07. The number of anilines is 1. The number of aromatic nitrogens is 1. The molecular formula is C11H9ClN4O2. The highest BCUT2D eigenvalue weighted by atomic mass is 35.5. The van der Waals surface area contributed by atoms with E-state index in [-0.39, 0.29) is 11.0 Å². The monoisotopic (exact) mass is 264 g/mol. The van der Waals surface area contributed by atoms with Gasteiger partial charge in [0.1, 0.15) is 11.6 Å². The molecule has 0 aliphatic heterocycles. The van der Waals surface area contributed by atoms with E-state index in [2.05, 4.69) is 10.3 Å². The standard InChI is InChI=1S/C11H9ClN4O2/c1-5(10(14)17)15-11-16-8-3-6(4-13)2-7(12)9(8)18-11/h2-3,5H,1H3,(H2,14,17)(H,15,16)/t5-/m0/s1. The molecule has 0 radical (unpaired) electrons. The fourth-order valence-corrected chi connectivity index (χ4v) is 1.63. The number of halogens is 1. The van der Waals surface area contributed by atoms with Crippen molar-refractivity contribution in [2.24, 2.45) is 5.73 Å². The van der Waals surface area contributed by atoms with Crippen LogP contribution in [0.1, 0.15) is 12.5 Å². The molecule has 1 aromatic carbocycles. The molecule has 1 atom stereocenters. The SMILES string of the molecule is C[C@H](Nc1nc2cc(C#N)cc(Cl)c2o1)C(N)=O. The predicted molar refractivity (Wildman–Crippen MR) is 66.0 cm³/mol. The highest BCUT2D eigenvalue weighted by Gasteiger charge is 2.14. The largest absolute Gasteiger partial charge is 0.422 e. The first-order chi connectivity index (χ1) is 8.51. The Morgan fingerprint density at radius 1 is 1.67 bits per heavy atom. The van der Waals surface area contributed by atoms with Crippen LogP contribution in [0.15, 0.2) is 16.5 Å². The number of carbonyl (C=O) groups is 1. The van der Waals surface area contributed by atoms with Crippen molar-refractivity contribution in [2.75, 3.05) is 5.32 Å². The number of carbonyl (C=O) groups excluding carboxylic acids is 1. The number of nitrogens with one attached hydrogen (secondary N) is 1. The van der Waals surface area contributed by atoms with E-state index in [1.807, 2.05) is 6.07 Å². The van der Waals surface area contributed by atoms with Gasteiger partial charge in [0.25, 0.3) is 6.01 Å². The van der Waals surface area contributed by atoms with Crippen LogP contribution in [0, 0.1) is 11.3 Å². The van der Waals surface area contributed by atoms with Gasteiger partial charge >= 0.3 is 0 Å². The summed E-state index contributed by atoms with van der Waals surface area (Å²) in [6.07, 6.45) is 0. The third-order valence-corrected chi connectivity index (χ3v) is 2.62. The van der Waals surface area contributed by atoms with Crippen LogP contribution in [0.25, 0.3) is 11.1 Å². The fraction of sp³-hybridized carbons (Fsp3) is 0.182. The van der Waals surface area contributed by atoms with Gasteiger partial charge in [-0.1, -0.05) is 11.6 Å². The Balaban J connectivity index is 2.42. The molecule has 0 aliphatic carbocycles. The Morgan fingerprint density at radius 3 is 3.00 bits per heavy atom. The van der Waals surface area contributed by atoms with Crippen LogP contribution < -0.4 is 11.1 Å². The molecule has 0 saturated carbocycles. The second-order valence-electron chi connectivity index (χ2n) is 3.71. The summed E-state index contributed by atoms with van der Waals surface area (Å²) in [6, 6.07) is 4.51. The van der Waals surface area contributed by atoms with E-state index in [4.69, 9.17) is 27.0 Å². The van der Waals surface area contributed by atoms with Crippen molar-refractivity contribution < 1.29 is 9.21 Å². The van der Waals surface area contributed by atoms with Gasteiger partial charge in [-0.05, 0) is 19.1 Å². The topological polar surface area (TPSA) is 105 Å². The summed E-state index contributed by atoms with van der Waals surface area (Å²) in [5.74, 6) is -0.527. The number of fused-ring (bicyclic) bond motifs is 1. The van der Waals surface area contributed by atoms with Crippen LogP contribution in [-0.2, 0) is 4.79 Å². The van der Waals surface area contributed by atoms with Crippen LogP contribution in [0.4, 0.5) is 6.01 Å². The fourth-order valence-electron chi connectivity index (χ4n) is 1.37. The summed E-state index contributed by atoms with van der Waals surface area (Å²) in [5.41, 5.74) is 6.30. The Labute approximate surface area is 107 Å². The Kier molecular flexibility index (Phi) is 3.08. The van der Waals surface area contributed by atoms with Crippen LogP contribution >= 0.6 is 11.6 Å². The van der Waals surface area contributed by atoms with Gasteiger partial charge in [0.05, 0.1) is 16.7 Å². The normalized spacial score (nSPS) is 12.1. The van der Waals surface area contributed by atoms with Gasteiger partial charge in [0, 0.05) is 0 Å². The van der Waals surface area contributed by atoms with Crippen molar-refractivity contribution in [2.45, 2.75) is 13.0 Å². The van der Waals surface area contributed by atoms with Crippen molar-refractivity contribution in [1.82, 2.24) is 4.98 Å². The molecular weight excluding hydrogens is 256 g/mol. The van der Waals surface area contributed by atoms with Gasteiger partial charge < -0.3 is 15.5 Å². The molecule has 0 unspecified atom stereocenters. The van der Waals surface area contributed by atoms with Crippen LogP contribution in [0.2, 0.25) is 5.02 Å². The number of benzene rings is 1. The lowest BCUT2D eigenvalue weighted by molar-refractivity contribution is -0.118. The quantitative estimate of drug-likeness (QED) is 0.877. The maximum absolute atomic E-state index is 10.9. The first-order valence-corrected chi connectivity index (χ1v) is 5.45. The zero-order valence-electron chi connectivity index (χ0n) is 9.40. The first kappa shape index (κ1) is 12.2. The van der Waals surface area contributed by atoms with Gasteiger partial charge in [-0.2, -0.15) is 10.2 Å². The summed E-state index contributed by atoms with van der Waals surface area (Å²) in [7, 11) is 0. The maximum atomic E-state index is 10.9. The van der Waals surface area contributed by atoms with Gasteiger partial charge in [-0.3, -0.25) is 4.79 Å². The van der Waals surface area contributed by atoms with Crippen molar-refractivity contribution in [3.05, 3.63) is 22.7 Å². The number of nitrogens with zero attached hydrogens (tertiary/aromatic N) is 2. The third-order valence-electron chi connectivity index (χ3n) is 2.34. The zero-order valence-corrected chi connectivity index (χ0v) is 10.2. The van der Waals surface area contributed by atoms with Crippen LogP contribution in [0.3, 0.4) is 0 Å². The lowest BCUT2D eigenvalue weighted by atomic mass is 10.2. The van der Waals surface area contributed by atoms with Gasteiger partial charge in [-0.15, -0.1) is 0 Å². The van der Waals surface area contributed by atoms with E-state index in [0.717, 1.165) is 0 Å². The molecule has 2 aromatic rings. The van der Waals surface area contributed by atoms with Gasteiger partial charge in [0.15, 0.2) is 5.58 Å². The predicted octanol–water partition coefficient (Wildman–Crippen LogP) is 1.64. The van der Waals surface area contributed by atoms with E-state index in [9.17, 15) is 4.79 Å². The highest BCUT2D eigenvalue weighted by molar-refractivity contribution is 6.34. The number of nitrogens with two attached hydrogens (primary N) is 1. The molecule has 1 heterocycles. The lowest BCUT2D eigenvalue weighted by Gasteiger charge is -2.05. The maximum Gasteiger partial charge on any atom is 0.296 e. The van der Waals surface area contributed by atoms with Crippen LogP contribution in [-0.4, -0.2) is 16.9 Å². The molecule has 2 rings (SSSR count). The van der Waals surface area contributed by atoms with E-state index in [0.29, 0.717) is 16.7 Å². The number of nitriles is 1. The Hall–Kier alpha value is -2.26. The zero-order chi connectivity index (χ0) is 13.3. The number of hydrogen-bond acceptors (Lipinski definition) is 5. The lowest BCUT2D eigenvalue weighted by Crippen LogP contribution is -2.32. The molecule has 3 N–H and O–H groups in total. The van der Waals surface area contributed by atoms with E-state index < -0.39 is 11.9 Å². The van der Waals surface area contributed by atoms with E-state index in [1.54, 1.807) is 13.0 Å². The summed E-state index contributed by atoms with van der Waals surface area (Å²) >= 11 is 5.95. The molecule has 18 heavy (non-hydrogen) atoms. The second kappa shape index (κ2) is 4.55. The minimum Gasteiger partial charge on any atom is -0.422 e. The highest BCUT2D eigenvalue weighted by Crippen LogP contribution is 2.28. The molecule has 6 nitrogen and oxygen atoms in total. The number of hydrogen-bond donors (Lipinski definition) is 2. The smallest absolute Gasteiger partial charge is 0.296 e. The minimum absolute atomic E-state index is 0.133. The molecule has 7 heteroatoms. The number of rotatable bonds is 3.